The van der Waals surface area contributed by atoms with Crippen LogP contribution in [0, 0.1) is 5.92 Å². The van der Waals surface area contributed by atoms with Crippen LogP contribution in [-0.2, 0) is 11.3 Å². The Labute approximate surface area is 160 Å². The fraction of sp³-hybridized carbons (Fsp3) is 0.455. The molecule has 1 aromatic heterocycles. The summed E-state index contributed by atoms with van der Waals surface area (Å²) in [5, 5.41) is 0. The van der Waals surface area contributed by atoms with Gasteiger partial charge in [0.15, 0.2) is 0 Å². The van der Waals surface area contributed by atoms with E-state index in [1.165, 1.54) is 12.5 Å². The molecule has 1 aliphatic rings. The Morgan fingerprint density at radius 3 is 2.48 bits per heavy atom. The van der Waals surface area contributed by atoms with Crippen molar-refractivity contribution in [2.75, 3.05) is 13.1 Å². The van der Waals surface area contributed by atoms with Crippen molar-refractivity contribution in [2.24, 2.45) is 5.92 Å². The second-order valence-corrected chi connectivity index (χ2v) is 7.29. The van der Waals surface area contributed by atoms with E-state index in [0.717, 1.165) is 12.0 Å². The zero-order valence-corrected chi connectivity index (χ0v) is 16.1. The molecule has 1 fully saturated rings. The molecule has 1 aromatic carbocycles. The van der Waals surface area contributed by atoms with Crippen molar-refractivity contribution >= 4 is 11.8 Å². The zero-order valence-electron chi connectivity index (χ0n) is 16.1. The third kappa shape index (κ3) is 4.59. The summed E-state index contributed by atoms with van der Waals surface area (Å²) in [7, 11) is 0. The van der Waals surface area contributed by atoms with Crippen molar-refractivity contribution in [3.8, 4) is 0 Å². The van der Waals surface area contributed by atoms with Gasteiger partial charge in [0.2, 0.25) is 5.91 Å². The van der Waals surface area contributed by atoms with Gasteiger partial charge in [0.25, 0.3) is 5.91 Å². The van der Waals surface area contributed by atoms with Crippen molar-refractivity contribution < 1.29 is 14.0 Å². The van der Waals surface area contributed by atoms with Gasteiger partial charge in [0.05, 0.1) is 11.8 Å². The molecule has 0 radical (unpaired) electrons. The van der Waals surface area contributed by atoms with E-state index < -0.39 is 0 Å². The number of hydrogen-bond donors (Lipinski definition) is 0. The molecule has 1 atom stereocenters. The highest BCUT2D eigenvalue weighted by Crippen LogP contribution is 2.24. The van der Waals surface area contributed by atoms with Gasteiger partial charge in [0, 0.05) is 31.6 Å². The third-order valence-corrected chi connectivity index (χ3v) is 5.50. The van der Waals surface area contributed by atoms with Crippen LogP contribution in [0.1, 0.15) is 49.0 Å². The molecule has 27 heavy (non-hydrogen) atoms. The Hall–Kier alpha value is -2.56. The number of nitrogens with zero attached hydrogens (tertiary/aromatic N) is 2. The number of carbonyl (C=O) groups is 2. The summed E-state index contributed by atoms with van der Waals surface area (Å²) in [5.74, 6) is 0.178. The molecule has 2 aromatic rings. The minimum Gasteiger partial charge on any atom is -0.472 e. The van der Waals surface area contributed by atoms with E-state index in [4.69, 9.17) is 4.42 Å². The summed E-state index contributed by atoms with van der Waals surface area (Å²) in [6.45, 7) is 6.09. The molecular formula is C22H28N2O3. The largest absolute Gasteiger partial charge is 0.472 e. The number of hydrogen-bond acceptors (Lipinski definition) is 3. The van der Waals surface area contributed by atoms with Crippen LogP contribution in [0.5, 0.6) is 0 Å². The van der Waals surface area contributed by atoms with Crippen LogP contribution >= 0.6 is 0 Å². The molecule has 2 amide bonds. The van der Waals surface area contributed by atoms with Crippen LogP contribution in [-0.4, -0.2) is 40.7 Å². The fourth-order valence-electron chi connectivity index (χ4n) is 3.58. The second kappa shape index (κ2) is 8.89. The lowest BCUT2D eigenvalue weighted by Crippen LogP contribution is -2.46. The highest BCUT2D eigenvalue weighted by molar-refractivity contribution is 5.94. The Bertz CT molecular complexity index is 734. The summed E-state index contributed by atoms with van der Waals surface area (Å²) in [6.07, 6.45) is 5.34. The second-order valence-electron chi connectivity index (χ2n) is 7.29. The highest BCUT2D eigenvalue weighted by Gasteiger charge is 2.32. The number of rotatable bonds is 6. The van der Waals surface area contributed by atoms with E-state index in [2.05, 4.69) is 26.0 Å². The Balaban J connectivity index is 1.62. The number of benzene rings is 1. The first kappa shape index (κ1) is 19.2. The van der Waals surface area contributed by atoms with E-state index in [-0.39, 0.29) is 23.8 Å². The van der Waals surface area contributed by atoms with Gasteiger partial charge in [-0.15, -0.1) is 0 Å². The zero-order chi connectivity index (χ0) is 19.2. The fourth-order valence-corrected chi connectivity index (χ4v) is 3.58. The predicted octanol–water partition coefficient (Wildman–Crippen LogP) is 3.96. The number of carbonyl (C=O) groups excluding carboxylic acids is 2. The van der Waals surface area contributed by atoms with Crippen molar-refractivity contribution in [3.63, 3.8) is 0 Å². The maximum absolute atomic E-state index is 13.2. The molecule has 1 unspecified atom stereocenters. The van der Waals surface area contributed by atoms with Gasteiger partial charge in [0.1, 0.15) is 6.26 Å². The number of likely N-dealkylation sites (tertiary alicyclic amines) is 1. The van der Waals surface area contributed by atoms with Crippen molar-refractivity contribution in [2.45, 2.75) is 45.7 Å². The molecule has 144 valence electrons. The summed E-state index contributed by atoms with van der Waals surface area (Å²) in [5.41, 5.74) is 1.73. The molecule has 0 saturated carbocycles. The molecule has 5 heteroatoms. The SMILES string of the molecule is CCC(C)N(Cc1ccccc1)C(=O)C1CCN(C(=O)c2ccoc2)CC1. The summed E-state index contributed by atoms with van der Waals surface area (Å²) in [6, 6.07) is 12.0. The molecule has 0 N–H and O–H groups in total. The number of amides is 2. The quantitative estimate of drug-likeness (QED) is 0.775. The monoisotopic (exact) mass is 368 g/mol. The summed E-state index contributed by atoms with van der Waals surface area (Å²) < 4.78 is 5.00. The van der Waals surface area contributed by atoms with E-state index in [0.29, 0.717) is 38.0 Å². The molecule has 5 nitrogen and oxygen atoms in total. The standard InChI is InChI=1S/C22H28N2O3/c1-3-17(2)24(15-18-7-5-4-6-8-18)22(26)19-9-12-23(13-10-19)21(25)20-11-14-27-16-20/h4-8,11,14,16-17,19H,3,9-10,12-13,15H2,1-2H3. The molecule has 0 spiro atoms. The molecule has 3 rings (SSSR count). The predicted molar refractivity (Wildman–Crippen MR) is 104 cm³/mol. The summed E-state index contributed by atoms with van der Waals surface area (Å²) >= 11 is 0. The lowest BCUT2D eigenvalue weighted by atomic mass is 9.94. The van der Waals surface area contributed by atoms with E-state index in [1.807, 2.05) is 28.0 Å². The van der Waals surface area contributed by atoms with Gasteiger partial charge in [-0.3, -0.25) is 9.59 Å². The van der Waals surface area contributed by atoms with E-state index >= 15 is 0 Å². The van der Waals surface area contributed by atoms with Gasteiger partial charge in [-0.05, 0) is 37.8 Å². The van der Waals surface area contributed by atoms with E-state index in [1.54, 1.807) is 6.07 Å². The minimum absolute atomic E-state index is 0.0160. The average molecular weight is 368 g/mol. The first-order valence-corrected chi connectivity index (χ1v) is 9.76. The number of piperidine rings is 1. The van der Waals surface area contributed by atoms with Crippen LogP contribution in [0.15, 0.2) is 53.3 Å². The topological polar surface area (TPSA) is 53.8 Å². The molecule has 0 bridgehead atoms. The normalized spacial score (nSPS) is 16.1. The maximum atomic E-state index is 13.2. The first-order valence-electron chi connectivity index (χ1n) is 9.76. The van der Waals surface area contributed by atoms with Crippen LogP contribution in [0.2, 0.25) is 0 Å². The minimum atomic E-state index is -0.0175. The van der Waals surface area contributed by atoms with Gasteiger partial charge in [-0.1, -0.05) is 37.3 Å². The van der Waals surface area contributed by atoms with Crippen LogP contribution < -0.4 is 0 Å². The van der Waals surface area contributed by atoms with Crippen molar-refractivity contribution in [1.82, 2.24) is 9.80 Å². The van der Waals surface area contributed by atoms with Crippen LogP contribution in [0.25, 0.3) is 0 Å². The lowest BCUT2D eigenvalue weighted by molar-refractivity contribution is -0.139. The van der Waals surface area contributed by atoms with Crippen molar-refractivity contribution in [3.05, 3.63) is 60.1 Å². The molecule has 0 aliphatic carbocycles. The van der Waals surface area contributed by atoms with Crippen molar-refractivity contribution in [1.29, 1.82) is 0 Å². The van der Waals surface area contributed by atoms with E-state index in [9.17, 15) is 9.59 Å². The Kier molecular flexibility index (Phi) is 6.32. The molecule has 1 saturated heterocycles. The lowest BCUT2D eigenvalue weighted by Gasteiger charge is -2.36. The molecule has 1 aliphatic heterocycles. The summed E-state index contributed by atoms with van der Waals surface area (Å²) in [4.78, 5) is 29.5. The average Bonchev–Trinajstić information content (AvgIpc) is 3.26. The maximum Gasteiger partial charge on any atom is 0.257 e. The first-order chi connectivity index (χ1) is 13.1. The molecule has 2 heterocycles. The Morgan fingerprint density at radius 1 is 1.19 bits per heavy atom. The van der Waals surface area contributed by atoms with Crippen LogP contribution in [0.3, 0.4) is 0 Å². The van der Waals surface area contributed by atoms with Crippen LogP contribution in [0.4, 0.5) is 0 Å². The molecular weight excluding hydrogens is 340 g/mol. The van der Waals surface area contributed by atoms with Gasteiger partial charge < -0.3 is 14.2 Å². The number of furan rings is 1. The highest BCUT2D eigenvalue weighted by atomic mass is 16.3. The smallest absolute Gasteiger partial charge is 0.257 e. The van der Waals surface area contributed by atoms with Gasteiger partial charge >= 0.3 is 0 Å². The third-order valence-electron chi connectivity index (χ3n) is 5.50. The van der Waals surface area contributed by atoms with Gasteiger partial charge in [-0.2, -0.15) is 0 Å². The Morgan fingerprint density at radius 2 is 1.89 bits per heavy atom. The van der Waals surface area contributed by atoms with Gasteiger partial charge in [-0.25, -0.2) is 0 Å².